The Hall–Kier alpha value is 0.330. The Bertz CT molecular complexity index is 420. The monoisotopic (exact) mass is 298 g/mol. The fourth-order valence-electron chi connectivity index (χ4n) is 3.69. The van der Waals surface area contributed by atoms with Gasteiger partial charge in [0, 0.05) is 14.2 Å². The molecule has 0 aromatic heterocycles. The minimum Gasteiger partial charge on any atom is -0.498 e. The molecule has 3 nitrogen and oxygen atoms in total. The van der Waals surface area contributed by atoms with E-state index in [2.05, 4.69) is 0 Å². The summed E-state index contributed by atoms with van der Waals surface area (Å²) in [5.74, 6) is -0.288. The molecule has 17 heavy (non-hydrogen) atoms. The summed E-state index contributed by atoms with van der Waals surface area (Å²) in [6.45, 7) is 0. The van der Waals surface area contributed by atoms with E-state index in [1.165, 1.54) is 21.3 Å². The Morgan fingerprint density at radius 1 is 1.06 bits per heavy atom. The van der Waals surface area contributed by atoms with E-state index in [1.54, 1.807) is 0 Å². The van der Waals surface area contributed by atoms with Crippen molar-refractivity contribution in [2.45, 2.75) is 22.0 Å². The molecule has 0 aliphatic heterocycles. The van der Waals surface area contributed by atoms with E-state index in [4.69, 9.17) is 49.0 Å². The molecule has 2 bridgehead atoms. The summed E-state index contributed by atoms with van der Waals surface area (Å²) in [6, 6.07) is 0. The second-order valence-electron chi connectivity index (χ2n) is 4.74. The van der Waals surface area contributed by atoms with Crippen LogP contribution >= 0.6 is 34.8 Å². The van der Waals surface area contributed by atoms with Gasteiger partial charge >= 0.3 is 0 Å². The van der Waals surface area contributed by atoms with Crippen molar-refractivity contribution in [1.82, 2.24) is 0 Å². The third-order valence-electron chi connectivity index (χ3n) is 4.40. The number of alkyl halides is 2. The van der Waals surface area contributed by atoms with Crippen molar-refractivity contribution in [2.75, 3.05) is 21.3 Å². The number of hydrogen-bond acceptors (Lipinski definition) is 3. The van der Waals surface area contributed by atoms with Gasteiger partial charge in [-0.2, -0.15) is 0 Å². The third-order valence-corrected chi connectivity index (χ3v) is 6.38. The average Bonchev–Trinajstić information content (AvgIpc) is 3.06. The molecule has 96 valence electrons. The van der Waals surface area contributed by atoms with Crippen LogP contribution in [0.4, 0.5) is 0 Å². The molecule has 4 atom stereocenters. The summed E-state index contributed by atoms with van der Waals surface area (Å²) in [7, 11) is 4.60. The molecule has 0 N–H and O–H groups in total. The molecule has 0 aromatic carbocycles. The van der Waals surface area contributed by atoms with Crippen molar-refractivity contribution in [3.8, 4) is 0 Å². The summed E-state index contributed by atoms with van der Waals surface area (Å²) >= 11 is 19.8. The maximum absolute atomic E-state index is 6.76. The highest BCUT2D eigenvalue weighted by Crippen LogP contribution is 2.81. The zero-order valence-electron chi connectivity index (χ0n) is 9.72. The van der Waals surface area contributed by atoms with Gasteiger partial charge < -0.3 is 14.2 Å². The van der Waals surface area contributed by atoms with Crippen LogP contribution in [-0.4, -0.2) is 36.9 Å². The molecular weight excluding hydrogens is 286 g/mol. The summed E-state index contributed by atoms with van der Waals surface area (Å²) in [4.78, 5) is -1.86. The lowest BCUT2D eigenvalue weighted by molar-refractivity contribution is -0.227. The summed E-state index contributed by atoms with van der Waals surface area (Å²) in [5, 5.41) is 0.416. The minimum absolute atomic E-state index is 0.188. The number of fused-ring (bicyclic) bond motifs is 5. The predicted octanol–water partition coefficient (Wildman–Crippen LogP) is 2.69. The molecule has 0 spiro atoms. The van der Waals surface area contributed by atoms with Gasteiger partial charge in [-0.25, -0.2) is 0 Å². The van der Waals surface area contributed by atoms with Gasteiger partial charge in [-0.15, -0.1) is 23.2 Å². The maximum Gasteiger partial charge on any atom is 0.220 e. The van der Waals surface area contributed by atoms with Crippen LogP contribution in [0.25, 0.3) is 0 Å². The number of methoxy groups -OCH3 is 3. The first-order chi connectivity index (χ1) is 7.95. The van der Waals surface area contributed by atoms with Crippen LogP contribution in [0.1, 0.15) is 6.42 Å². The molecule has 6 heteroatoms. The lowest BCUT2D eigenvalue weighted by atomic mass is 9.95. The summed E-state index contributed by atoms with van der Waals surface area (Å²) in [6.07, 6.45) is 0.921. The number of halogens is 3. The largest absolute Gasteiger partial charge is 0.498 e. The Labute approximate surface area is 115 Å². The highest BCUT2D eigenvalue weighted by atomic mass is 35.5. The summed E-state index contributed by atoms with van der Waals surface area (Å²) in [5.41, 5.74) is 0. The van der Waals surface area contributed by atoms with E-state index in [1.807, 2.05) is 0 Å². The van der Waals surface area contributed by atoms with Gasteiger partial charge in [0.1, 0.15) is 10.6 Å². The predicted molar refractivity (Wildman–Crippen MR) is 65.4 cm³/mol. The molecule has 0 aromatic rings. The lowest BCUT2D eigenvalue weighted by Crippen LogP contribution is -2.59. The van der Waals surface area contributed by atoms with Gasteiger partial charge in [0.05, 0.1) is 12.1 Å². The van der Waals surface area contributed by atoms with Gasteiger partial charge in [0.15, 0.2) is 4.87 Å². The van der Waals surface area contributed by atoms with Crippen molar-refractivity contribution < 1.29 is 14.2 Å². The fourth-order valence-corrected chi connectivity index (χ4v) is 5.63. The van der Waals surface area contributed by atoms with Crippen molar-refractivity contribution >= 4 is 34.8 Å². The van der Waals surface area contributed by atoms with E-state index in [0.29, 0.717) is 10.8 Å². The molecule has 0 saturated heterocycles. The minimum atomic E-state index is -1.15. The van der Waals surface area contributed by atoms with Gasteiger partial charge in [-0.1, -0.05) is 11.6 Å². The zero-order chi connectivity index (χ0) is 12.6. The van der Waals surface area contributed by atoms with Crippen molar-refractivity contribution in [2.24, 2.45) is 11.8 Å². The number of hydrogen-bond donors (Lipinski definition) is 0. The van der Waals surface area contributed by atoms with Crippen LogP contribution in [0.15, 0.2) is 10.8 Å². The van der Waals surface area contributed by atoms with Crippen LogP contribution in [0.3, 0.4) is 0 Å². The van der Waals surface area contributed by atoms with Crippen LogP contribution in [0.5, 0.6) is 0 Å². The van der Waals surface area contributed by atoms with Crippen LogP contribution in [0.2, 0.25) is 0 Å². The molecule has 3 aliphatic rings. The van der Waals surface area contributed by atoms with Crippen LogP contribution in [-0.2, 0) is 14.2 Å². The first-order valence-corrected chi connectivity index (χ1v) is 6.52. The smallest absolute Gasteiger partial charge is 0.220 e. The Morgan fingerprint density at radius 3 is 2.00 bits per heavy atom. The Kier molecular flexibility index (Phi) is 2.37. The van der Waals surface area contributed by atoms with E-state index >= 15 is 0 Å². The molecule has 0 amide bonds. The zero-order valence-corrected chi connectivity index (χ0v) is 12.0. The second kappa shape index (κ2) is 3.26. The standard InChI is InChI=1S/C11H13Cl3O3/c1-15-8-7(12)9(13)5-4-6(5)10(8,14)11(9,16-2)17-3/h5-6H,4H2,1-3H3/t5-,6+,9-,10+/m0/s1. The molecule has 0 radical (unpaired) electrons. The molecule has 3 aliphatic carbocycles. The Balaban J connectivity index is 2.26. The van der Waals surface area contributed by atoms with E-state index in [-0.39, 0.29) is 11.8 Å². The summed E-state index contributed by atoms with van der Waals surface area (Å²) < 4.78 is 16.5. The topological polar surface area (TPSA) is 27.7 Å². The fraction of sp³-hybridized carbons (Fsp3) is 0.818. The van der Waals surface area contributed by atoms with Crippen molar-refractivity contribution in [1.29, 1.82) is 0 Å². The molecule has 0 heterocycles. The molecule has 2 saturated carbocycles. The highest BCUT2D eigenvalue weighted by Gasteiger charge is 2.90. The molecule has 3 rings (SSSR count). The third kappa shape index (κ3) is 0.921. The normalized spacial score (nSPS) is 49.5. The first kappa shape index (κ1) is 12.4. The number of rotatable bonds is 3. The lowest BCUT2D eigenvalue weighted by Gasteiger charge is -2.42. The van der Waals surface area contributed by atoms with Gasteiger partial charge in [0.25, 0.3) is 0 Å². The van der Waals surface area contributed by atoms with E-state index in [9.17, 15) is 0 Å². The average molecular weight is 300 g/mol. The SMILES string of the molecule is COC1=C(Cl)[C@@]2(Cl)[C@H]3C[C@H]3[C@]1(Cl)C2(OC)OC. The van der Waals surface area contributed by atoms with E-state index < -0.39 is 15.5 Å². The van der Waals surface area contributed by atoms with Crippen molar-refractivity contribution in [3.63, 3.8) is 0 Å². The van der Waals surface area contributed by atoms with E-state index in [0.717, 1.165) is 6.42 Å². The molecule has 2 fully saturated rings. The Morgan fingerprint density at radius 2 is 1.59 bits per heavy atom. The molecule has 0 unspecified atom stereocenters. The quantitative estimate of drug-likeness (QED) is 0.592. The van der Waals surface area contributed by atoms with Gasteiger partial charge in [-0.3, -0.25) is 0 Å². The molecular formula is C11H13Cl3O3. The second-order valence-corrected chi connectivity index (χ2v) is 6.31. The maximum atomic E-state index is 6.76. The highest BCUT2D eigenvalue weighted by molar-refractivity contribution is 6.45. The number of ether oxygens (including phenoxy) is 3. The van der Waals surface area contributed by atoms with Crippen LogP contribution < -0.4 is 0 Å². The van der Waals surface area contributed by atoms with Crippen molar-refractivity contribution in [3.05, 3.63) is 10.8 Å². The first-order valence-electron chi connectivity index (χ1n) is 5.38. The van der Waals surface area contributed by atoms with Gasteiger partial charge in [0.2, 0.25) is 5.79 Å². The van der Waals surface area contributed by atoms with Crippen LogP contribution in [0, 0.1) is 11.8 Å². The van der Waals surface area contributed by atoms with Gasteiger partial charge in [-0.05, 0) is 18.3 Å².